The van der Waals surface area contributed by atoms with E-state index in [1.165, 1.54) is 6.92 Å². The van der Waals surface area contributed by atoms with Gasteiger partial charge in [-0.25, -0.2) is 14.2 Å². The van der Waals surface area contributed by atoms with Crippen molar-refractivity contribution in [2.24, 2.45) is 0 Å². The standard InChI is InChI=1S/C23H24F2N2O4/c1-11-7-15(13(3)27-22(29)31-23(4,5)6)20-16(8-11)18(28)12(2)19(30-20)17-9-14(24)10-26-21(17)25/h7-10,13H,1-6H3,(H,27,29)/t13-/m1/s1. The Balaban J connectivity index is 2.19. The van der Waals surface area contributed by atoms with Crippen LogP contribution in [0.5, 0.6) is 0 Å². The average molecular weight is 430 g/mol. The third kappa shape index (κ3) is 4.73. The summed E-state index contributed by atoms with van der Waals surface area (Å²) in [6.45, 7) is 10.2. The molecule has 0 saturated carbocycles. The van der Waals surface area contributed by atoms with E-state index in [4.69, 9.17) is 9.15 Å². The van der Waals surface area contributed by atoms with Gasteiger partial charge in [0.1, 0.15) is 22.8 Å². The Labute approximate surface area is 178 Å². The van der Waals surface area contributed by atoms with E-state index in [-0.39, 0.29) is 33.3 Å². The molecule has 0 aliphatic rings. The van der Waals surface area contributed by atoms with Gasteiger partial charge in [-0.1, -0.05) is 6.07 Å². The van der Waals surface area contributed by atoms with Crippen LogP contribution in [0.4, 0.5) is 13.6 Å². The highest BCUT2D eigenvalue weighted by molar-refractivity contribution is 5.84. The summed E-state index contributed by atoms with van der Waals surface area (Å²) in [6.07, 6.45) is 0.110. The number of fused-ring (bicyclic) bond motifs is 1. The smallest absolute Gasteiger partial charge is 0.408 e. The average Bonchev–Trinajstić information content (AvgIpc) is 2.65. The summed E-state index contributed by atoms with van der Waals surface area (Å²) >= 11 is 0. The fourth-order valence-corrected chi connectivity index (χ4v) is 3.29. The maximum absolute atomic E-state index is 14.3. The third-order valence-electron chi connectivity index (χ3n) is 4.64. The van der Waals surface area contributed by atoms with E-state index < -0.39 is 29.5 Å². The van der Waals surface area contributed by atoms with E-state index in [0.717, 1.165) is 17.8 Å². The highest BCUT2D eigenvalue weighted by Crippen LogP contribution is 2.32. The van der Waals surface area contributed by atoms with E-state index in [9.17, 15) is 18.4 Å². The molecule has 2 heterocycles. The molecule has 1 amide bonds. The maximum Gasteiger partial charge on any atom is 0.408 e. The quantitative estimate of drug-likeness (QED) is 0.568. The van der Waals surface area contributed by atoms with Gasteiger partial charge in [-0.2, -0.15) is 4.39 Å². The van der Waals surface area contributed by atoms with Gasteiger partial charge in [0.25, 0.3) is 0 Å². The van der Waals surface area contributed by atoms with Crippen molar-refractivity contribution in [1.82, 2.24) is 10.3 Å². The molecule has 0 bridgehead atoms. The Hall–Kier alpha value is -3.29. The van der Waals surface area contributed by atoms with Crippen molar-refractivity contribution in [2.45, 2.75) is 53.2 Å². The van der Waals surface area contributed by atoms with Gasteiger partial charge < -0.3 is 14.5 Å². The van der Waals surface area contributed by atoms with Crippen molar-refractivity contribution in [3.05, 3.63) is 63.1 Å². The number of hydrogen-bond donors (Lipinski definition) is 1. The first kappa shape index (κ1) is 22.4. The van der Waals surface area contributed by atoms with Gasteiger partial charge in [0.2, 0.25) is 5.95 Å². The van der Waals surface area contributed by atoms with Crippen LogP contribution in [-0.2, 0) is 4.74 Å². The van der Waals surface area contributed by atoms with Gasteiger partial charge >= 0.3 is 6.09 Å². The number of carbonyl (C=O) groups is 1. The molecule has 164 valence electrons. The van der Waals surface area contributed by atoms with Crippen LogP contribution in [0.2, 0.25) is 0 Å². The summed E-state index contributed by atoms with van der Waals surface area (Å²) in [5, 5.41) is 2.99. The van der Waals surface area contributed by atoms with Crippen LogP contribution in [0, 0.1) is 25.6 Å². The summed E-state index contributed by atoms with van der Waals surface area (Å²) in [5.41, 5.74) is 0.260. The normalized spacial score (nSPS) is 12.6. The number of halogens is 2. The number of hydrogen-bond acceptors (Lipinski definition) is 5. The third-order valence-corrected chi connectivity index (χ3v) is 4.64. The predicted molar refractivity (Wildman–Crippen MR) is 113 cm³/mol. The van der Waals surface area contributed by atoms with Crippen LogP contribution >= 0.6 is 0 Å². The number of nitrogens with one attached hydrogen (secondary N) is 1. The van der Waals surface area contributed by atoms with Crippen LogP contribution < -0.4 is 10.7 Å². The fourth-order valence-electron chi connectivity index (χ4n) is 3.29. The minimum Gasteiger partial charge on any atom is -0.455 e. The van der Waals surface area contributed by atoms with Gasteiger partial charge in [-0.15, -0.1) is 0 Å². The van der Waals surface area contributed by atoms with Crippen molar-refractivity contribution in [1.29, 1.82) is 0 Å². The van der Waals surface area contributed by atoms with Crippen molar-refractivity contribution < 1.29 is 22.7 Å². The number of ether oxygens (including phenoxy) is 1. The number of rotatable bonds is 3. The Bertz CT molecular complexity index is 1230. The molecule has 0 saturated heterocycles. The van der Waals surface area contributed by atoms with E-state index in [0.29, 0.717) is 5.56 Å². The molecule has 1 N–H and O–H groups in total. The van der Waals surface area contributed by atoms with Crippen molar-refractivity contribution >= 4 is 17.1 Å². The second-order valence-corrected chi connectivity index (χ2v) is 8.48. The van der Waals surface area contributed by atoms with Gasteiger partial charge in [0, 0.05) is 11.1 Å². The monoisotopic (exact) mass is 430 g/mol. The highest BCUT2D eigenvalue weighted by atomic mass is 19.1. The lowest BCUT2D eigenvalue weighted by molar-refractivity contribution is 0.0508. The second kappa shape index (κ2) is 8.09. The number of aromatic nitrogens is 1. The molecule has 0 radical (unpaired) electrons. The number of alkyl carbamates (subject to hydrolysis) is 1. The van der Waals surface area contributed by atoms with Crippen LogP contribution in [0.1, 0.15) is 50.4 Å². The molecule has 3 aromatic rings. The van der Waals surface area contributed by atoms with Crippen LogP contribution in [0.3, 0.4) is 0 Å². The Morgan fingerprint density at radius 1 is 1.19 bits per heavy atom. The minimum absolute atomic E-state index is 0.114. The number of benzene rings is 1. The highest BCUT2D eigenvalue weighted by Gasteiger charge is 2.23. The fraction of sp³-hybridized carbons (Fsp3) is 0.348. The number of carbonyl (C=O) groups excluding carboxylic acids is 1. The van der Waals surface area contributed by atoms with E-state index in [1.807, 2.05) is 6.92 Å². The molecule has 8 heteroatoms. The Kier molecular flexibility index (Phi) is 5.85. The maximum atomic E-state index is 14.3. The number of amides is 1. The first-order valence-corrected chi connectivity index (χ1v) is 9.76. The molecule has 1 aromatic carbocycles. The van der Waals surface area contributed by atoms with E-state index in [2.05, 4.69) is 10.3 Å². The zero-order chi connectivity index (χ0) is 23.1. The van der Waals surface area contributed by atoms with Gasteiger partial charge in [-0.3, -0.25) is 4.79 Å². The molecular formula is C23H24F2N2O4. The summed E-state index contributed by atoms with van der Waals surface area (Å²) < 4.78 is 39.3. The predicted octanol–water partition coefficient (Wildman–Crippen LogP) is 5.34. The molecule has 0 aliphatic carbocycles. The lowest BCUT2D eigenvalue weighted by Gasteiger charge is -2.22. The molecule has 31 heavy (non-hydrogen) atoms. The number of aryl methyl sites for hydroxylation is 1. The summed E-state index contributed by atoms with van der Waals surface area (Å²) in [5.74, 6) is -1.83. The summed E-state index contributed by atoms with van der Waals surface area (Å²) in [7, 11) is 0. The largest absolute Gasteiger partial charge is 0.455 e. The van der Waals surface area contributed by atoms with E-state index in [1.54, 1.807) is 39.8 Å². The van der Waals surface area contributed by atoms with E-state index >= 15 is 0 Å². The molecule has 0 spiro atoms. The zero-order valence-corrected chi connectivity index (χ0v) is 18.2. The first-order chi connectivity index (χ1) is 14.4. The van der Waals surface area contributed by atoms with Crippen molar-refractivity contribution in [3.8, 4) is 11.3 Å². The van der Waals surface area contributed by atoms with Crippen molar-refractivity contribution in [3.63, 3.8) is 0 Å². The lowest BCUT2D eigenvalue weighted by Crippen LogP contribution is -2.34. The second-order valence-electron chi connectivity index (χ2n) is 8.48. The van der Waals surface area contributed by atoms with Gasteiger partial charge in [0.15, 0.2) is 5.43 Å². The molecule has 0 fully saturated rings. The Morgan fingerprint density at radius 3 is 2.52 bits per heavy atom. The van der Waals surface area contributed by atoms with Crippen LogP contribution in [0.25, 0.3) is 22.3 Å². The van der Waals surface area contributed by atoms with Crippen LogP contribution in [0.15, 0.2) is 33.6 Å². The molecule has 3 rings (SSSR count). The molecular weight excluding hydrogens is 406 g/mol. The van der Waals surface area contributed by atoms with Gasteiger partial charge in [-0.05, 0) is 59.2 Å². The molecule has 1 atom stereocenters. The van der Waals surface area contributed by atoms with Gasteiger partial charge in [0.05, 0.1) is 23.2 Å². The molecule has 0 aliphatic heterocycles. The van der Waals surface area contributed by atoms with Crippen LogP contribution in [-0.4, -0.2) is 16.7 Å². The first-order valence-electron chi connectivity index (χ1n) is 9.76. The number of pyridine rings is 1. The van der Waals surface area contributed by atoms with Crippen molar-refractivity contribution in [2.75, 3.05) is 0 Å². The zero-order valence-electron chi connectivity index (χ0n) is 18.2. The Morgan fingerprint density at radius 2 is 1.87 bits per heavy atom. The molecule has 0 unspecified atom stereocenters. The lowest BCUT2D eigenvalue weighted by atomic mass is 9.99. The molecule has 2 aromatic heterocycles. The minimum atomic E-state index is -0.958. The molecule has 6 nitrogen and oxygen atoms in total. The SMILES string of the molecule is Cc1cc([C@@H](C)NC(=O)OC(C)(C)C)c2oc(-c3cc(F)cnc3F)c(C)c(=O)c2c1. The topological polar surface area (TPSA) is 81.4 Å². The summed E-state index contributed by atoms with van der Waals surface area (Å²) in [4.78, 5) is 28.7. The summed E-state index contributed by atoms with van der Waals surface area (Å²) in [6, 6.07) is 3.75. The number of nitrogens with zero attached hydrogens (tertiary/aromatic N) is 1.